The lowest BCUT2D eigenvalue weighted by Crippen LogP contribution is -2.33. The molecular formula is C18H36O2. The van der Waals surface area contributed by atoms with Crippen LogP contribution in [-0.2, 0) is 9.53 Å². The fourth-order valence-corrected chi connectivity index (χ4v) is 2.68. The minimum absolute atomic E-state index is 0.0404. The van der Waals surface area contributed by atoms with Crippen molar-refractivity contribution >= 4 is 5.97 Å². The van der Waals surface area contributed by atoms with E-state index in [0.717, 1.165) is 19.3 Å². The molecule has 0 fully saturated rings. The van der Waals surface area contributed by atoms with Crippen molar-refractivity contribution < 1.29 is 9.53 Å². The van der Waals surface area contributed by atoms with Crippen LogP contribution in [0.25, 0.3) is 0 Å². The highest BCUT2D eigenvalue weighted by Crippen LogP contribution is 2.32. The third-order valence-electron chi connectivity index (χ3n) is 4.28. The largest absolute Gasteiger partial charge is 0.465 e. The van der Waals surface area contributed by atoms with Gasteiger partial charge in [-0.2, -0.15) is 0 Å². The van der Waals surface area contributed by atoms with Crippen molar-refractivity contribution in [3.8, 4) is 0 Å². The zero-order chi connectivity index (χ0) is 16.0. The minimum atomic E-state index is -0.372. The molecule has 2 heteroatoms. The molecule has 0 aliphatic heterocycles. The van der Waals surface area contributed by atoms with E-state index in [1.165, 1.54) is 6.42 Å². The molecule has 20 heavy (non-hydrogen) atoms. The molecule has 120 valence electrons. The van der Waals surface area contributed by atoms with E-state index < -0.39 is 0 Å². The van der Waals surface area contributed by atoms with Crippen LogP contribution in [0.1, 0.15) is 81.1 Å². The molecule has 0 heterocycles. The Balaban J connectivity index is 4.16. The van der Waals surface area contributed by atoms with Gasteiger partial charge >= 0.3 is 5.97 Å². The third kappa shape index (κ3) is 7.31. The Labute approximate surface area is 126 Å². The topological polar surface area (TPSA) is 26.3 Å². The van der Waals surface area contributed by atoms with Crippen molar-refractivity contribution in [1.82, 2.24) is 0 Å². The maximum absolute atomic E-state index is 12.2. The van der Waals surface area contributed by atoms with E-state index >= 15 is 0 Å². The zero-order valence-corrected chi connectivity index (χ0v) is 15.0. The Kier molecular flexibility index (Phi) is 7.83. The van der Waals surface area contributed by atoms with Crippen molar-refractivity contribution in [1.29, 1.82) is 0 Å². The van der Waals surface area contributed by atoms with Gasteiger partial charge in [0.15, 0.2) is 0 Å². The molecule has 0 bridgehead atoms. The number of ether oxygens (including phenoxy) is 1. The average molecular weight is 284 g/mol. The van der Waals surface area contributed by atoms with Crippen LogP contribution in [0.2, 0.25) is 0 Å². The lowest BCUT2D eigenvalue weighted by molar-refractivity contribution is -0.157. The number of carbonyl (C=O) groups excluding carboxylic acids is 1. The van der Waals surface area contributed by atoms with Crippen LogP contribution >= 0.6 is 0 Å². The first-order valence-electron chi connectivity index (χ1n) is 8.18. The van der Waals surface area contributed by atoms with Gasteiger partial charge in [-0.3, -0.25) is 4.79 Å². The van der Waals surface area contributed by atoms with Crippen molar-refractivity contribution in [2.75, 3.05) is 6.61 Å². The van der Waals surface area contributed by atoms with Gasteiger partial charge in [0.1, 0.15) is 0 Å². The number of esters is 1. The number of hydrogen-bond acceptors (Lipinski definition) is 2. The summed E-state index contributed by atoms with van der Waals surface area (Å²) < 4.78 is 5.52. The van der Waals surface area contributed by atoms with Gasteiger partial charge in [0.05, 0.1) is 12.0 Å². The van der Waals surface area contributed by atoms with Gasteiger partial charge < -0.3 is 4.74 Å². The Morgan fingerprint density at radius 1 is 1.05 bits per heavy atom. The lowest BCUT2D eigenvalue weighted by Gasteiger charge is -2.29. The Morgan fingerprint density at radius 2 is 1.60 bits per heavy atom. The van der Waals surface area contributed by atoms with E-state index in [1.54, 1.807) is 0 Å². The molecule has 2 atom stereocenters. The normalized spacial score (nSPS) is 15.8. The molecule has 0 aliphatic rings. The molecule has 0 radical (unpaired) electrons. The molecule has 0 amide bonds. The summed E-state index contributed by atoms with van der Waals surface area (Å²) in [4.78, 5) is 12.2. The first-order chi connectivity index (χ1) is 9.00. The summed E-state index contributed by atoms with van der Waals surface area (Å²) in [5.41, 5.74) is -0.0262. The van der Waals surface area contributed by atoms with E-state index in [0.29, 0.717) is 23.9 Å². The van der Waals surface area contributed by atoms with Crippen LogP contribution in [-0.4, -0.2) is 12.6 Å². The summed E-state index contributed by atoms with van der Waals surface area (Å²) >= 11 is 0. The van der Waals surface area contributed by atoms with Crippen LogP contribution in [0.15, 0.2) is 0 Å². The quantitative estimate of drug-likeness (QED) is 0.554. The van der Waals surface area contributed by atoms with Crippen molar-refractivity contribution in [3.63, 3.8) is 0 Å². The highest BCUT2D eigenvalue weighted by Gasteiger charge is 2.34. The van der Waals surface area contributed by atoms with Gasteiger partial charge in [-0.15, -0.1) is 0 Å². The predicted octanol–water partition coefficient (Wildman–Crippen LogP) is 5.45. The van der Waals surface area contributed by atoms with Gasteiger partial charge in [-0.05, 0) is 50.4 Å². The van der Waals surface area contributed by atoms with Crippen molar-refractivity contribution in [2.24, 2.45) is 22.7 Å². The second kappa shape index (κ2) is 8.05. The molecule has 0 saturated heterocycles. The molecule has 0 rings (SSSR count). The first-order valence-corrected chi connectivity index (χ1v) is 8.18. The van der Waals surface area contributed by atoms with Gasteiger partial charge in [0, 0.05) is 0 Å². The Hall–Kier alpha value is -0.530. The first kappa shape index (κ1) is 19.5. The Morgan fingerprint density at radius 3 is 2.05 bits per heavy atom. The van der Waals surface area contributed by atoms with Crippen LogP contribution < -0.4 is 0 Å². The fourth-order valence-electron chi connectivity index (χ4n) is 2.68. The van der Waals surface area contributed by atoms with Gasteiger partial charge in [-0.1, -0.05) is 48.0 Å². The summed E-state index contributed by atoms with van der Waals surface area (Å²) in [7, 11) is 0. The molecule has 0 N–H and O–H groups in total. The Bertz CT molecular complexity index is 286. The van der Waals surface area contributed by atoms with E-state index in [1.807, 2.05) is 13.8 Å². The van der Waals surface area contributed by atoms with Crippen molar-refractivity contribution in [3.05, 3.63) is 0 Å². The van der Waals surface area contributed by atoms with Crippen molar-refractivity contribution in [2.45, 2.75) is 81.1 Å². The van der Waals surface area contributed by atoms with Gasteiger partial charge in [-0.25, -0.2) is 0 Å². The van der Waals surface area contributed by atoms with Crippen LogP contribution in [0.3, 0.4) is 0 Å². The number of rotatable bonds is 8. The minimum Gasteiger partial charge on any atom is -0.465 e. The third-order valence-corrected chi connectivity index (χ3v) is 4.28. The fraction of sp³-hybridized carbons (Fsp3) is 0.944. The van der Waals surface area contributed by atoms with Crippen LogP contribution in [0.4, 0.5) is 0 Å². The maximum atomic E-state index is 12.2. The van der Waals surface area contributed by atoms with E-state index in [2.05, 4.69) is 41.5 Å². The van der Waals surface area contributed by atoms with Gasteiger partial charge in [0.2, 0.25) is 0 Å². The molecule has 0 saturated carbocycles. The predicted molar refractivity (Wildman–Crippen MR) is 86.7 cm³/mol. The smallest absolute Gasteiger partial charge is 0.311 e. The molecule has 0 aliphatic carbocycles. The zero-order valence-electron chi connectivity index (χ0n) is 15.0. The molecule has 0 spiro atoms. The summed E-state index contributed by atoms with van der Waals surface area (Å²) in [5, 5.41) is 0. The monoisotopic (exact) mass is 284 g/mol. The van der Waals surface area contributed by atoms with Crippen LogP contribution in [0, 0.1) is 22.7 Å². The molecule has 0 aromatic heterocycles. The van der Waals surface area contributed by atoms with E-state index in [9.17, 15) is 4.79 Å². The standard InChI is InChI=1S/C18H36O2/c1-9-10-15(3)18(7,8)16(19)20-12-11-14(2)13-17(4,5)6/h14-15H,9-13H2,1-8H3. The molecule has 0 aromatic rings. The van der Waals surface area contributed by atoms with Gasteiger partial charge in [0.25, 0.3) is 0 Å². The van der Waals surface area contributed by atoms with Crippen LogP contribution in [0.5, 0.6) is 0 Å². The number of hydrogen-bond donors (Lipinski definition) is 0. The maximum Gasteiger partial charge on any atom is 0.311 e. The molecular weight excluding hydrogens is 248 g/mol. The second-order valence-corrected chi connectivity index (χ2v) is 8.21. The van der Waals surface area contributed by atoms with E-state index in [-0.39, 0.29) is 11.4 Å². The second-order valence-electron chi connectivity index (χ2n) is 8.21. The lowest BCUT2D eigenvalue weighted by atomic mass is 9.77. The molecule has 2 nitrogen and oxygen atoms in total. The summed E-state index contributed by atoms with van der Waals surface area (Å²) in [6, 6.07) is 0. The van der Waals surface area contributed by atoms with E-state index in [4.69, 9.17) is 4.74 Å². The SMILES string of the molecule is CCCC(C)C(C)(C)C(=O)OCCC(C)CC(C)(C)C. The average Bonchev–Trinajstić information content (AvgIpc) is 2.26. The summed E-state index contributed by atoms with van der Waals surface area (Å²) in [6.45, 7) is 17.9. The molecule has 2 unspecified atom stereocenters. The summed E-state index contributed by atoms with van der Waals surface area (Å²) in [5.74, 6) is 0.924. The highest BCUT2D eigenvalue weighted by atomic mass is 16.5. The number of carbonyl (C=O) groups is 1. The highest BCUT2D eigenvalue weighted by molar-refractivity contribution is 5.76. The molecule has 0 aromatic carbocycles. The summed E-state index contributed by atoms with van der Waals surface area (Å²) in [6.07, 6.45) is 4.31.